The second-order valence-electron chi connectivity index (χ2n) is 7.25. The molecule has 1 aromatic heterocycles. The van der Waals surface area contributed by atoms with E-state index in [1.54, 1.807) is 7.11 Å². The Bertz CT molecular complexity index is 994. The highest BCUT2D eigenvalue weighted by Gasteiger charge is 2.20. The first kappa shape index (κ1) is 18.6. The number of methoxy groups -OCH3 is 1. The van der Waals surface area contributed by atoms with E-state index in [4.69, 9.17) is 18.9 Å². The highest BCUT2D eigenvalue weighted by molar-refractivity contribution is 5.63. The number of oxazole rings is 1. The van der Waals surface area contributed by atoms with Gasteiger partial charge in [-0.05, 0) is 50.1 Å². The van der Waals surface area contributed by atoms with E-state index in [1.165, 1.54) is 5.56 Å². The van der Waals surface area contributed by atoms with Gasteiger partial charge in [0.25, 0.3) is 0 Å². The summed E-state index contributed by atoms with van der Waals surface area (Å²) in [4.78, 5) is 7.18. The van der Waals surface area contributed by atoms with E-state index in [2.05, 4.69) is 30.9 Å². The average molecular weight is 378 g/mol. The molecule has 0 amide bonds. The van der Waals surface area contributed by atoms with Gasteiger partial charge in [-0.2, -0.15) is 0 Å². The molecule has 0 saturated heterocycles. The highest BCUT2D eigenvalue weighted by atomic mass is 16.5. The Hall–Kier alpha value is -2.79. The van der Waals surface area contributed by atoms with Gasteiger partial charge in [0.05, 0.1) is 12.8 Å². The molecule has 0 aliphatic carbocycles. The van der Waals surface area contributed by atoms with Crippen molar-refractivity contribution >= 4 is 0 Å². The first-order valence-corrected chi connectivity index (χ1v) is 9.60. The Morgan fingerprint density at radius 3 is 2.71 bits per heavy atom. The van der Waals surface area contributed by atoms with Crippen LogP contribution in [0.1, 0.15) is 28.1 Å². The van der Waals surface area contributed by atoms with Crippen LogP contribution in [-0.2, 0) is 13.1 Å². The van der Waals surface area contributed by atoms with E-state index < -0.39 is 0 Å². The monoisotopic (exact) mass is 378 g/mol. The molecule has 2 aromatic carbocycles. The molecule has 0 saturated carbocycles. The lowest BCUT2D eigenvalue weighted by Crippen LogP contribution is -2.25. The molecule has 0 atom stereocenters. The molecule has 1 aliphatic rings. The number of ether oxygens (including phenoxy) is 2. The minimum absolute atomic E-state index is 0.669. The normalized spacial score (nSPS) is 14.3. The zero-order chi connectivity index (χ0) is 19.7. The molecule has 0 N–H and O–H groups in total. The smallest absolute Gasteiger partial charge is 0.226 e. The van der Waals surface area contributed by atoms with Crippen molar-refractivity contribution in [2.75, 3.05) is 20.3 Å². The predicted octanol–water partition coefficient (Wildman–Crippen LogP) is 4.67. The van der Waals surface area contributed by atoms with Crippen molar-refractivity contribution in [3.8, 4) is 23.0 Å². The third-order valence-corrected chi connectivity index (χ3v) is 5.49. The quantitative estimate of drug-likeness (QED) is 0.660. The summed E-state index contributed by atoms with van der Waals surface area (Å²) >= 11 is 0. The predicted molar refractivity (Wildman–Crippen MR) is 109 cm³/mol. The second-order valence-corrected chi connectivity index (χ2v) is 7.25. The lowest BCUT2D eigenvalue weighted by atomic mass is 10.0. The van der Waals surface area contributed by atoms with Crippen molar-refractivity contribution < 1.29 is 13.9 Å². The number of hydrogen-bond donors (Lipinski definition) is 0. The van der Waals surface area contributed by atoms with Gasteiger partial charge in [-0.15, -0.1) is 0 Å². The zero-order valence-corrected chi connectivity index (χ0v) is 16.9. The van der Waals surface area contributed by atoms with E-state index in [0.717, 1.165) is 59.3 Å². The summed E-state index contributed by atoms with van der Waals surface area (Å²) in [6, 6.07) is 12.2. The van der Waals surface area contributed by atoms with Gasteiger partial charge < -0.3 is 13.9 Å². The lowest BCUT2D eigenvalue weighted by Gasteiger charge is -2.18. The molecule has 28 heavy (non-hydrogen) atoms. The molecular weight excluding hydrogens is 352 g/mol. The third-order valence-electron chi connectivity index (χ3n) is 5.49. The van der Waals surface area contributed by atoms with E-state index in [0.29, 0.717) is 12.5 Å². The molecular formula is C23H26N2O3. The molecule has 4 rings (SSSR count). The van der Waals surface area contributed by atoms with Crippen molar-refractivity contribution in [3.63, 3.8) is 0 Å². The summed E-state index contributed by atoms with van der Waals surface area (Å²) in [7, 11) is 1.69. The van der Waals surface area contributed by atoms with E-state index in [1.807, 2.05) is 31.2 Å². The molecule has 146 valence electrons. The summed E-state index contributed by atoms with van der Waals surface area (Å²) in [5.74, 6) is 3.39. The minimum Gasteiger partial charge on any atom is -0.496 e. The maximum atomic E-state index is 6.04. The van der Waals surface area contributed by atoms with Gasteiger partial charge >= 0.3 is 0 Å². The number of aromatic nitrogens is 1. The fraction of sp³-hybridized carbons (Fsp3) is 0.348. The van der Waals surface area contributed by atoms with Crippen LogP contribution in [-0.4, -0.2) is 30.1 Å². The van der Waals surface area contributed by atoms with Gasteiger partial charge in [-0.3, -0.25) is 4.90 Å². The topological polar surface area (TPSA) is 47.7 Å². The highest BCUT2D eigenvalue weighted by Crippen LogP contribution is 2.32. The van der Waals surface area contributed by atoms with Gasteiger partial charge in [0, 0.05) is 30.8 Å². The van der Waals surface area contributed by atoms with E-state index >= 15 is 0 Å². The molecule has 0 radical (unpaired) electrons. The summed E-state index contributed by atoms with van der Waals surface area (Å²) in [6.07, 6.45) is 0. The van der Waals surface area contributed by atoms with Gasteiger partial charge in [0.1, 0.15) is 23.9 Å². The van der Waals surface area contributed by atoms with Crippen LogP contribution in [0.4, 0.5) is 0 Å². The fourth-order valence-corrected chi connectivity index (χ4v) is 3.67. The summed E-state index contributed by atoms with van der Waals surface area (Å²) in [6.45, 7) is 9.24. The van der Waals surface area contributed by atoms with Crippen LogP contribution >= 0.6 is 0 Å². The fourth-order valence-electron chi connectivity index (χ4n) is 3.67. The number of nitrogens with zero attached hydrogens (tertiary/aromatic N) is 2. The Morgan fingerprint density at radius 1 is 1.07 bits per heavy atom. The summed E-state index contributed by atoms with van der Waals surface area (Å²) in [5, 5.41) is 0. The standard InChI is InChI=1S/C23H26N2O3/c1-15-16(2)21(26-4)10-9-19(15)23-24-20(17(3)28-23)14-25-11-12-27-22-8-6-5-7-18(22)13-25/h5-10H,11-14H2,1-4H3. The van der Waals surface area contributed by atoms with Gasteiger partial charge in [-0.1, -0.05) is 18.2 Å². The van der Waals surface area contributed by atoms with E-state index in [-0.39, 0.29) is 0 Å². The van der Waals surface area contributed by atoms with Crippen molar-refractivity contribution in [2.24, 2.45) is 0 Å². The first-order valence-electron chi connectivity index (χ1n) is 9.60. The maximum Gasteiger partial charge on any atom is 0.226 e. The second kappa shape index (κ2) is 7.68. The van der Waals surface area contributed by atoms with Gasteiger partial charge in [0.15, 0.2) is 0 Å². The Balaban J connectivity index is 1.58. The Labute approximate surface area is 165 Å². The van der Waals surface area contributed by atoms with Crippen molar-refractivity contribution in [3.05, 3.63) is 64.5 Å². The summed E-state index contributed by atoms with van der Waals surface area (Å²) in [5.41, 5.74) is 5.44. The minimum atomic E-state index is 0.669. The number of aryl methyl sites for hydroxylation is 1. The van der Waals surface area contributed by atoms with Crippen LogP contribution in [0.15, 0.2) is 40.8 Å². The zero-order valence-electron chi connectivity index (χ0n) is 16.9. The van der Waals surface area contributed by atoms with Crippen LogP contribution in [0, 0.1) is 20.8 Å². The SMILES string of the molecule is COc1ccc(-c2nc(CN3CCOc4ccccc4C3)c(C)o2)c(C)c1C. The van der Waals surface area contributed by atoms with Crippen molar-refractivity contribution in [1.29, 1.82) is 0 Å². The van der Waals surface area contributed by atoms with Crippen LogP contribution in [0.3, 0.4) is 0 Å². The molecule has 1 aliphatic heterocycles. The van der Waals surface area contributed by atoms with Crippen molar-refractivity contribution in [2.45, 2.75) is 33.9 Å². The largest absolute Gasteiger partial charge is 0.496 e. The molecule has 3 aromatic rings. The molecule has 5 nitrogen and oxygen atoms in total. The summed E-state index contributed by atoms with van der Waals surface area (Å²) < 4.78 is 17.3. The lowest BCUT2D eigenvalue weighted by molar-refractivity contribution is 0.217. The molecule has 0 unspecified atom stereocenters. The van der Waals surface area contributed by atoms with Crippen LogP contribution < -0.4 is 9.47 Å². The first-order chi connectivity index (χ1) is 13.6. The van der Waals surface area contributed by atoms with Gasteiger partial charge in [0.2, 0.25) is 5.89 Å². The molecule has 0 spiro atoms. The average Bonchev–Trinajstić information content (AvgIpc) is 2.92. The number of para-hydroxylation sites is 1. The maximum absolute atomic E-state index is 6.04. The van der Waals surface area contributed by atoms with Crippen LogP contribution in [0.25, 0.3) is 11.5 Å². The Morgan fingerprint density at radius 2 is 1.89 bits per heavy atom. The Kier molecular flexibility index (Phi) is 5.09. The number of benzene rings is 2. The molecule has 0 bridgehead atoms. The van der Waals surface area contributed by atoms with Crippen LogP contribution in [0.5, 0.6) is 11.5 Å². The van der Waals surface area contributed by atoms with E-state index in [9.17, 15) is 0 Å². The molecule has 2 heterocycles. The van der Waals surface area contributed by atoms with Crippen molar-refractivity contribution in [1.82, 2.24) is 9.88 Å². The van der Waals surface area contributed by atoms with Gasteiger partial charge in [-0.25, -0.2) is 4.98 Å². The number of fused-ring (bicyclic) bond motifs is 1. The number of rotatable bonds is 4. The number of hydrogen-bond acceptors (Lipinski definition) is 5. The molecule has 0 fully saturated rings. The molecule has 5 heteroatoms. The van der Waals surface area contributed by atoms with Crippen LogP contribution in [0.2, 0.25) is 0 Å². The third kappa shape index (κ3) is 3.50.